The van der Waals surface area contributed by atoms with E-state index in [9.17, 15) is 8.78 Å². The molecule has 0 saturated carbocycles. The van der Waals surface area contributed by atoms with Crippen molar-refractivity contribution in [2.24, 2.45) is 0 Å². The van der Waals surface area contributed by atoms with E-state index < -0.39 is 11.6 Å². The molecule has 0 saturated heterocycles. The van der Waals surface area contributed by atoms with E-state index in [2.05, 4.69) is 5.32 Å². The molecular weight excluding hydrogens is 260 g/mol. The van der Waals surface area contributed by atoms with Gasteiger partial charge in [-0.2, -0.15) is 0 Å². The lowest BCUT2D eigenvalue weighted by Crippen LogP contribution is -2.07. The lowest BCUT2D eigenvalue weighted by molar-refractivity contribution is 0.340. The first-order valence-corrected chi connectivity index (χ1v) is 6.54. The monoisotopic (exact) mass is 277 g/mol. The zero-order valence-corrected chi connectivity index (χ0v) is 11.5. The SMILES string of the molecule is CCOc1ccc(C(C)Nc2cc(F)cc(F)c2)cc1. The van der Waals surface area contributed by atoms with Gasteiger partial charge in [-0.1, -0.05) is 12.1 Å². The second-order valence-electron chi connectivity index (χ2n) is 4.53. The smallest absolute Gasteiger partial charge is 0.128 e. The predicted octanol–water partition coefficient (Wildman–Crippen LogP) is 4.54. The van der Waals surface area contributed by atoms with Gasteiger partial charge in [0, 0.05) is 17.8 Å². The van der Waals surface area contributed by atoms with Crippen molar-refractivity contribution in [3.63, 3.8) is 0 Å². The molecule has 2 nitrogen and oxygen atoms in total. The van der Waals surface area contributed by atoms with Crippen LogP contribution in [0.2, 0.25) is 0 Å². The lowest BCUT2D eigenvalue weighted by atomic mass is 10.1. The maximum absolute atomic E-state index is 13.1. The number of hydrogen-bond donors (Lipinski definition) is 1. The van der Waals surface area contributed by atoms with Crippen molar-refractivity contribution >= 4 is 5.69 Å². The summed E-state index contributed by atoms with van der Waals surface area (Å²) in [5.41, 5.74) is 1.43. The van der Waals surface area contributed by atoms with Crippen LogP contribution in [-0.2, 0) is 0 Å². The molecule has 2 aromatic carbocycles. The van der Waals surface area contributed by atoms with Crippen molar-refractivity contribution in [3.8, 4) is 5.75 Å². The quantitative estimate of drug-likeness (QED) is 0.866. The summed E-state index contributed by atoms with van der Waals surface area (Å²) in [5.74, 6) is -0.377. The second-order valence-corrected chi connectivity index (χ2v) is 4.53. The summed E-state index contributed by atoms with van der Waals surface area (Å²) < 4.78 is 31.6. The molecule has 106 valence electrons. The Hall–Kier alpha value is -2.10. The summed E-state index contributed by atoms with van der Waals surface area (Å²) in [6.45, 7) is 4.48. The van der Waals surface area contributed by atoms with Crippen molar-refractivity contribution in [1.29, 1.82) is 0 Å². The zero-order chi connectivity index (χ0) is 14.5. The molecule has 0 aliphatic heterocycles. The summed E-state index contributed by atoms with van der Waals surface area (Å²) in [7, 11) is 0. The Morgan fingerprint density at radius 3 is 2.20 bits per heavy atom. The number of rotatable bonds is 5. The Kier molecular flexibility index (Phi) is 4.56. The van der Waals surface area contributed by atoms with Crippen LogP contribution < -0.4 is 10.1 Å². The third-order valence-electron chi connectivity index (χ3n) is 2.94. The van der Waals surface area contributed by atoms with Crippen LogP contribution in [0, 0.1) is 11.6 Å². The van der Waals surface area contributed by atoms with E-state index in [0.717, 1.165) is 17.4 Å². The summed E-state index contributed by atoms with van der Waals surface area (Å²) in [4.78, 5) is 0. The fourth-order valence-corrected chi connectivity index (χ4v) is 1.99. The fourth-order valence-electron chi connectivity index (χ4n) is 1.99. The molecule has 0 amide bonds. The molecule has 0 fully saturated rings. The predicted molar refractivity (Wildman–Crippen MR) is 76.0 cm³/mol. The average molecular weight is 277 g/mol. The van der Waals surface area contributed by atoms with E-state index in [0.29, 0.717) is 12.3 Å². The Bertz CT molecular complexity index is 549. The van der Waals surface area contributed by atoms with Crippen LogP contribution >= 0.6 is 0 Å². The van der Waals surface area contributed by atoms with Crippen molar-refractivity contribution in [1.82, 2.24) is 0 Å². The van der Waals surface area contributed by atoms with Gasteiger partial charge in [0.1, 0.15) is 17.4 Å². The highest BCUT2D eigenvalue weighted by atomic mass is 19.1. The van der Waals surface area contributed by atoms with Crippen molar-refractivity contribution in [3.05, 3.63) is 59.7 Å². The summed E-state index contributed by atoms with van der Waals surface area (Å²) in [6.07, 6.45) is 0. The van der Waals surface area contributed by atoms with E-state index >= 15 is 0 Å². The molecule has 0 aromatic heterocycles. The minimum atomic E-state index is -0.591. The molecule has 1 unspecified atom stereocenters. The van der Waals surface area contributed by atoms with Gasteiger partial charge >= 0.3 is 0 Å². The van der Waals surface area contributed by atoms with E-state index in [1.54, 1.807) is 0 Å². The molecule has 2 aromatic rings. The normalized spacial score (nSPS) is 12.0. The first-order chi connectivity index (χ1) is 9.58. The molecule has 0 bridgehead atoms. The highest BCUT2D eigenvalue weighted by molar-refractivity contribution is 5.46. The van der Waals surface area contributed by atoms with Gasteiger partial charge in [0.25, 0.3) is 0 Å². The lowest BCUT2D eigenvalue weighted by Gasteiger charge is -2.16. The molecule has 0 radical (unpaired) electrons. The Balaban J connectivity index is 2.08. The Labute approximate surface area is 117 Å². The van der Waals surface area contributed by atoms with Crippen molar-refractivity contribution in [2.45, 2.75) is 19.9 Å². The van der Waals surface area contributed by atoms with Crippen molar-refractivity contribution in [2.75, 3.05) is 11.9 Å². The third-order valence-corrected chi connectivity index (χ3v) is 2.94. The standard InChI is InChI=1S/C16H17F2NO/c1-3-20-16-6-4-12(5-7-16)11(2)19-15-9-13(17)8-14(18)10-15/h4-11,19H,3H2,1-2H3. The topological polar surface area (TPSA) is 21.3 Å². The van der Waals surface area contributed by atoms with Gasteiger partial charge in [-0.05, 0) is 43.7 Å². The molecular formula is C16H17F2NO. The van der Waals surface area contributed by atoms with Gasteiger partial charge in [-0.3, -0.25) is 0 Å². The van der Waals surface area contributed by atoms with Crippen LogP contribution in [0.4, 0.5) is 14.5 Å². The van der Waals surface area contributed by atoms with E-state index in [-0.39, 0.29) is 6.04 Å². The average Bonchev–Trinajstić information content (AvgIpc) is 2.38. The third kappa shape index (κ3) is 3.70. The van der Waals surface area contributed by atoms with Crippen LogP contribution in [0.1, 0.15) is 25.5 Å². The largest absolute Gasteiger partial charge is 0.494 e. The van der Waals surface area contributed by atoms with E-state index in [1.807, 2.05) is 38.1 Å². The Morgan fingerprint density at radius 1 is 1.05 bits per heavy atom. The van der Waals surface area contributed by atoms with Gasteiger partial charge in [-0.25, -0.2) is 8.78 Å². The van der Waals surface area contributed by atoms with Crippen molar-refractivity contribution < 1.29 is 13.5 Å². The molecule has 0 aliphatic carbocycles. The van der Waals surface area contributed by atoms with Crippen LogP contribution in [0.5, 0.6) is 5.75 Å². The summed E-state index contributed by atoms with van der Waals surface area (Å²) in [6, 6.07) is 10.9. The Morgan fingerprint density at radius 2 is 1.65 bits per heavy atom. The van der Waals surface area contributed by atoms with Crippen LogP contribution in [0.15, 0.2) is 42.5 Å². The molecule has 0 heterocycles. The van der Waals surface area contributed by atoms with Crippen LogP contribution in [0.25, 0.3) is 0 Å². The van der Waals surface area contributed by atoms with Gasteiger partial charge in [0.2, 0.25) is 0 Å². The number of ether oxygens (including phenoxy) is 1. The maximum Gasteiger partial charge on any atom is 0.128 e. The summed E-state index contributed by atoms with van der Waals surface area (Å²) >= 11 is 0. The highest BCUT2D eigenvalue weighted by Gasteiger charge is 2.07. The number of nitrogens with one attached hydrogen (secondary N) is 1. The fraction of sp³-hybridized carbons (Fsp3) is 0.250. The molecule has 2 rings (SSSR count). The first kappa shape index (κ1) is 14.3. The molecule has 1 atom stereocenters. The zero-order valence-electron chi connectivity index (χ0n) is 11.5. The molecule has 0 aliphatic rings. The molecule has 4 heteroatoms. The second kappa shape index (κ2) is 6.37. The van der Waals surface area contributed by atoms with E-state index in [4.69, 9.17) is 4.74 Å². The maximum atomic E-state index is 13.1. The van der Waals surface area contributed by atoms with Crippen LogP contribution in [-0.4, -0.2) is 6.61 Å². The number of hydrogen-bond acceptors (Lipinski definition) is 2. The van der Waals surface area contributed by atoms with Gasteiger partial charge < -0.3 is 10.1 Å². The molecule has 20 heavy (non-hydrogen) atoms. The van der Waals surface area contributed by atoms with Gasteiger partial charge in [-0.15, -0.1) is 0 Å². The summed E-state index contributed by atoms with van der Waals surface area (Å²) in [5, 5.41) is 3.07. The van der Waals surface area contributed by atoms with Gasteiger partial charge in [0.15, 0.2) is 0 Å². The first-order valence-electron chi connectivity index (χ1n) is 6.54. The number of halogens is 2. The highest BCUT2D eigenvalue weighted by Crippen LogP contribution is 2.22. The number of benzene rings is 2. The van der Waals surface area contributed by atoms with Crippen LogP contribution in [0.3, 0.4) is 0 Å². The minimum Gasteiger partial charge on any atom is -0.494 e. The molecule has 1 N–H and O–H groups in total. The molecule has 0 spiro atoms. The minimum absolute atomic E-state index is 0.0631. The van der Waals surface area contributed by atoms with Gasteiger partial charge in [0.05, 0.1) is 6.61 Å². The number of anilines is 1. The van der Waals surface area contributed by atoms with E-state index in [1.165, 1.54) is 12.1 Å².